The lowest BCUT2D eigenvalue weighted by atomic mass is 10.0. The molecule has 2 heterocycles. The van der Waals surface area contributed by atoms with E-state index in [4.69, 9.17) is 17.0 Å². The first-order valence-corrected chi connectivity index (χ1v) is 10.7. The van der Waals surface area contributed by atoms with Crippen molar-refractivity contribution < 1.29 is 14.9 Å². The van der Waals surface area contributed by atoms with Gasteiger partial charge in [0, 0.05) is 48.9 Å². The standard InChI is InChI=1S/C23H26N4O3S/c1-2-3-4-17-13-19(21(29)14-20(17)28)22-24-25-23(31)27(22)18-7-5-16(6-8-18)15-26-9-11-30-12-10-26/h5-8,13-14,22,24,28-29H,4,9-12,15H2,1H3,(H,25,31). The van der Waals surface area contributed by atoms with Crippen molar-refractivity contribution in [2.75, 3.05) is 31.2 Å². The van der Waals surface area contributed by atoms with Crippen molar-refractivity contribution in [3.63, 3.8) is 0 Å². The van der Waals surface area contributed by atoms with Crippen LogP contribution in [0.1, 0.15) is 29.8 Å². The van der Waals surface area contributed by atoms with E-state index >= 15 is 0 Å². The summed E-state index contributed by atoms with van der Waals surface area (Å²) in [6, 6.07) is 11.4. The number of benzene rings is 2. The molecule has 1 atom stereocenters. The molecule has 2 saturated heterocycles. The molecule has 0 aromatic heterocycles. The summed E-state index contributed by atoms with van der Waals surface area (Å²) in [5.41, 5.74) is 9.50. The summed E-state index contributed by atoms with van der Waals surface area (Å²) < 4.78 is 5.42. The molecule has 0 radical (unpaired) electrons. The Morgan fingerprint density at radius 2 is 1.87 bits per heavy atom. The molecular weight excluding hydrogens is 412 g/mol. The molecule has 31 heavy (non-hydrogen) atoms. The van der Waals surface area contributed by atoms with Gasteiger partial charge in [-0.1, -0.05) is 18.1 Å². The van der Waals surface area contributed by atoms with Crippen molar-refractivity contribution in [3.8, 4) is 23.3 Å². The van der Waals surface area contributed by atoms with Crippen LogP contribution in [-0.4, -0.2) is 46.5 Å². The summed E-state index contributed by atoms with van der Waals surface area (Å²) in [4.78, 5) is 4.29. The number of hydrogen-bond acceptors (Lipinski definition) is 6. The first-order valence-electron chi connectivity index (χ1n) is 10.2. The number of nitrogens with zero attached hydrogens (tertiary/aromatic N) is 2. The van der Waals surface area contributed by atoms with Gasteiger partial charge in [-0.2, -0.15) is 0 Å². The lowest BCUT2D eigenvalue weighted by molar-refractivity contribution is 0.0342. The van der Waals surface area contributed by atoms with Crippen LogP contribution >= 0.6 is 12.2 Å². The Hall–Kier alpha value is -2.83. The van der Waals surface area contributed by atoms with Gasteiger partial charge in [0.05, 0.1) is 13.2 Å². The molecule has 4 rings (SSSR count). The summed E-state index contributed by atoms with van der Waals surface area (Å²) in [6.07, 6.45) is -0.0253. The Morgan fingerprint density at radius 3 is 2.58 bits per heavy atom. The first-order chi connectivity index (χ1) is 15.1. The third kappa shape index (κ3) is 4.75. The second-order valence-electron chi connectivity index (χ2n) is 7.55. The highest BCUT2D eigenvalue weighted by Crippen LogP contribution is 2.36. The van der Waals surface area contributed by atoms with Gasteiger partial charge in [-0.15, -0.1) is 5.92 Å². The zero-order valence-electron chi connectivity index (χ0n) is 17.4. The van der Waals surface area contributed by atoms with Crippen molar-refractivity contribution in [3.05, 3.63) is 53.1 Å². The number of hydrazine groups is 1. The summed E-state index contributed by atoms with van der Waals surface area (Å²) in [5, 5.41) is 21.2. The fourth-order valence-electron chi connectivity index (χ4n) is 3.82. The van der Waals surface area contributed by atoms with Crippen LogP contribution in [0.15, 0.2) is 36.4 Å². The highest BCUT2D eigenvalue weighted by atomic mass is 32.1. The van der Waals surface area contributed by atoms with Crippen LogP contribution in [0.5, 0.6) is 11.5 Å². The molecule has 2 fully saturated rings. The minimum Gasteiger partial charge on any atom is -0.507 e. The van der Waals surface area contributed by atoms with Gasteiger partial charge in [0.2, 0.25) is 0 Å². The topological polar surface area (TPSA) is 80.2 Å². The molecule has 4 N–H and O–H groups in total. The molecule has 1 unspecified atom stereocenters. The number of rotatable bonds is 5. The largest absolute Gasteiger partial charge is 0.507 e. The predicted molar refractivity (Wildman–Crippen MR) is 124 cm³/mol. The van der Waals surface area contributed by atoms with E-state index in [1.165, 1.54) is 11.6 Å². The van der Waals surface area contributed by atoms with Crippen LogP contribution in [0.3, 0.4) is 0 Å². The lowest BCUT2D eigenvalue weighted by Crippen LogP contribution is -2.35. The Balaban J connectivity index is 1.57. The van der Waals surface area contributed by atoms with Gasteiger partial charge in [-0.25, -0.2) is 5.43 Å². The molecule has 162 valence electrons. The molecule has 0 amide bonds. The van der Waals surface area contributed by atoms with Gasteiger partial charge >= 0.3 is 0 Å². The summed E-state index contributed by atoms with van der Waals surface area (Å²) >= 11 is 5.51. The molecular formula is C23H26N4O3S. The van der Waals surface area contributed by atoms with Crippen LogP contribution in [0.2, 0.25) is 0 Å². The predicted octanol–water partition coefficient (Wildman–Crippen LogP) is 2.39. The maximum atomic E-state index is 10.5. The van der Waals surface area contributed by atoms with E-state index in [-0.39, 0.29) is 11.5 Å². The number of phenolic OH excluding ortho intramolecular Hbond substituents is 2. The number of phenols is 2. The fourth-order valence-corrected chi connectivity index (χ4v) is 4.09. The summed E-state index contributed by atoms with van der Waals surface area (Å²) in [6.45, 7) is 6.08. The average Bonchev–Trinajstić information content (AvgIpc) is 3.15. The van der Waals surface area contributed by atoms with Crippen molar-refractivity contribution in [1.29, 1.82) is 0 Å². The maximum absolute atomic E-state index is 10.5. The Labute approximate surface area is 187 Å². The van der Waals surface area contributed by atoms with E-state index in [9.17, 15) is 10.2 Å². The van der Waals surface area contributed by atoms with Gasteiger partial charge in [-0.05, 0) is 42.9 Å². The molecule has 2 aromatic rings. The number of morpholine rings is 1. The van der Waals surface area contributed by atoms with E-state index in [1.807, 2.05) is 17.0 Å². The van der Waals surface area contributed by atoms with Crippen LogP contribution in [-0.2, 0) is 17.7 Å². The number of ether oxygens (including phenoxy) is 1. The van der Waals surface area contributed by atoms with Gasteiger partial charge in [0.25, 0.3) is 0 Å². The van der Waals surface area contributed by atoms with Crippen LogP contribution in [0, 0.1) is 11.8 Å². The average molecular weight is 439 g/mol. The maximum Gasteiger partial charge on any atom is 0.189 e. The van der Waals surface area contributed by atoms with E-state index in [2.05, 4.69) is 39.7 Å². The lowest BCUT2D eigenvalue weighted by Gasteiger charge is -2.27. The highest BCUT2D eigenvalue weighted by Gasteiger charge is 2.32. The minimum absolute atomic E-state index is 0.0105. The van der Waals surface area contributed by atoms with Gasteiger partial charge in [0.15, 0.2) is 5.11 Å². The zero-order chi connectivity index (χ0) is 21.8. The van der Waals surface area contributed by atoms with Crippen molar-refractivity contribution >= 4 is 23.0 Å². The molecule has 0 bridgehead atoms. The van der Waals surface area contributed by atoms with E-state index in [0.29, 0.717) is 22.7 Å². The first kappa shape index (κ1) is 21.4. The molecule has 0 spiro atoms. The van der Waals surface area contributed by atoms with Gasteiger partial charge in [-0.3, -0.25) is 15.2 Å². The third-order valence-electron chi connectivity index (χ3n) is 5.50. The SMILES string of the molecule is CC#CCc1cc(C2NNC(=S)N2c2ccc(CN3CCOCC3)cc2)c(O)cc1O. The van der Waals surface area contributed by atoms with Crippen LogP contribution < -0.4 is 15.8 Å². The Kier molecular flexibility index (Phi) is 6.59. The number of aromatic hydroxyl groups is 2. The van der Waals surface area contributed by atoms with E-state index in [0.717, 1.165) is 38.5 Å². The van der Waals surface area contributed by atoms with Crippen LogP contribution in [0.25, 0.3) is 0 Å². The second kappa shape index (κ2) is 9.54. The monoisotopic (exact) mass is 438 g/mol. The van der Waals surface area contributed by atoms with E-state index < -0.39 is 6.17 Å². The Bertz CT molecular complexity index is 1010. The highest BCUT2D eigenvalue weighted by molar-refractivity contribution is 7.80. The van der Waals surface area contributed by atoms with Gasteiger partial charge in [0.1, 0.15) is 17.7 Å². The quantitative estimate of drug-likeness (QED) is 0.419. The molecule has 2 aliphatic heterocycles. The molecule has 0 aliphatic carbocycles. The van der Waals surface area contributed by atoms with Crippen molar-refractivity contribution in [1.82, 2.24) is 15.8 Å². The van der Waals surface area contributed by atoms with Gasteiger partial charge < -0.3 is 14.9 Å². The second-order valence-corrected chi connectivity index (χ2v) is 7.93. The molecule has 2 aromatic carbocycles. The molecule has 0 saturated carbocycles. The van der Waals surface area contributed by atoms with E-state index in [1.54, 1.807) is 13.0 Å². The molecule has 7 nitrogen and oxygen atoms in total. The van der Waals surface area contributed by atoms with Crippen LogP contribution in [0.4, 0.5) is 5.69 Å². The van der Waals surface area contributed by atoms with Crippen molar-refractivity contribution in [2.24, 2.45) is 0 Å². The zero-order valence-corrected chi connectivity index (χ0v) is 18.2. The fraction of sp³-hybridized carbons (Fsp3) is 0.348. The summed E-state index contributed by atoms with van der Waals surface area (Å²) in [7, 11) is 0. The summed E-state index contributed by atoms with van der Waals surface area (Å²) in [5.74, 6) is 5.80. The van der Waals surface area contributed by atoms with Crippen molar-refractivity contribution in [2.45, 2.75) is 26.1 Å². The smallest absolute Gasteiger partial charge is 0.189 e. The Morgan fingerprint density at radius 1 is 1.13 bits per heavy atom. The third-order valence-corrected chi connectivity index (χ3v) is 5.79. The minimum atomic E-state index is -0.425. The molecule has 8 heteroatoms. The molecule has 2 aliphatic rings. The number of nitrogens with one attached hydrogen (secondary N) is 2. The number of thiocarbonyl (C=S) groups is 1. The number of hydrogen-bond donors (Lipinski definition) is 4. The number of anilines is 1. The normalized spacial score (nSPS) is 19.1.